The summed E-state index contributed by atoms with van der Waals surface area (Å²) in [4.78, 5) is 15.1. The fourth-order valence-corrected chi connectivity index (χ4v) is 4.02. The van der Waals surface area contributed by atoms with Gasteiger partial charge in [0.1, 0.15) is 0 Å². The molecular weight excluding hydrogens is 390 g/mol. The molecule has 1 aromatic heterocycles. The second-order valence-electron chi connectivity index (χ2n) is 7.56. The standard InChI is InChI=1S/C22H21NO7/c1-11-5-13-19(26)22(27-2)20(12-3-4-17-18(7-12)29-10-28-17)30-21(13)14(6-11)23-8-15(24)16(25)9-23/h3-7,15-16,24-25H,8-10H2,1-2H3/t15-,16-/m1/s1. The maximum atomic E-state index is 13.3. The number of fused-ring (bicyclic) bond motifs is 2. The first-order chi connectivity index (χ1) is 14.5. The molecule has 156 valence electrons. The van der Waals surface area contributed by atoms with E-state index in [-0.39, 0.29) is 36.8 Å². The molecule has 5 rings (SSSR count). The average Bonchev–Trinajstić information content (AvgIpc) is 3.33. The lowest BCUT2D eigenvalue weighted by molar-refractivity contribution is 0.0572. The summed E-state index contributed by atoms with van der Waals surface area (Å²) in [6.45, 7) is 2.51. The molecule has 30 heavy (non-hydrogen) atoms. The summed E-state index contributed by atoms with van der Waals surface area (Å²) in [5.74, 6) is 1.56. The largest absolute Gasteiger partial charge is 0.490 e. The predicted octanol–water partition coefficient (Wildman–Crippen LogP) is 2.05. The lowest BCUT2D eigenvalue weighted by Gasteiger charge is -2.20. The molecule has 3 aromatic rings. The topological polar surface area (TPSA) is 102 Å². The molecule has 0 bridgehead atoms. The van der Waals surface area contributed by atoms with Gasteiger partial charge in [0.15, 0.2) is 22.8 Å². The van der Waals surface area contributed by atoms with Gasteiger partial charge in [0.25, 0.3) is 0 Å². The third-order valence-electron chi connectivity index (χ3n) is 5.51. The van der Waals surface area contributed by atoms with Gasteiger partial charge in [-0.25, -0.2) is 0 Å². The molecule has 1 fully saturated rings. The second-order valence-corrected chi connectivity index (χ2v) is 7.56. The molecule has 2 aliphatic heterocycles. The quantitative estimate of drug-likeness (QED) is 0.675. The van der Waals surface area contributed by atoms with Crippen molar-refractivity contribution in [2.45, 2.75) is 19.1 Å². The number of anilines is 1. The van der Waals surface area contributed by atoms with E-state index in [1.807, 2.05) is 17.9 Å². The van der Waals surface area contributed by atoms with Crippen molar-refractivity contribution in [3.8, 4) is 28.6 Å². The molecule has 8 heteroatoms. The zero-order valence-corrected chi connectivity index (χ0v) is 16.5. The fraction of sp³-hybridized carbons (Fsp3) is 0.318. The predicted molar refractivity (Wildman–Crippen MR) is 110 cm³/mol. The van der Waals surface area contributed by atoms with Gasteiger partial charge in [-0.3, -0.25) is 4.79 Å². The summed E-state index contributed by atoms with van der Waals surface area (Å²) >= 11 is 0. The van der Waals surface area contributed by atoms with E-state index < -0.39 is 12.2 Å². The summed E-state index contributed by atoms with van der Waals surface area (Å²) in [5.41, 5.74) is 2.20. The van der Waals surface area contributed by atoms with Gasteiger partial charge in [-0.1, -0.05) is 0 Å². The average molecular weight is 411 g/mol. The Labute approximate surface area is 171 Å². The van der Waals surface area contributed by atoms with Crippen LogP contribution in [0, 0.1) is 6.92 Å². The van der Waals surface area contributed by atoms with E-state index in [0.29, 0.717) is 33.7 Å². The van der Waals surface area contributed by atoms with Crippen molar-refractivity contribution in [3.05, 3.63) is 46.1 Å². The van der Waals surface area contributed by atoms with E-state index in [2.05, 4.69) is 0 Å². The molecule has 0 amide bonds. The van der Waals surface area contributed by atoms with E-state index in [1.165, 1.54) is 7.11 Å². The van der Waals surface area contributed by atoms with Gasteiger partial charge in [0.05, 0.1) is 30.4 Å². The van der Waals surface area contributed by atoms with Crippen LogP contribution in [-0.2, 0) is 0 Å². The Balaban J connectivity index is 1.75. The van der Waals surface area contributed by atoms with Crippen LogP contribution in [0.1, 0.15) is 5.56 Å². The normalized spacial score (nSPS) is 20.2. The van der Waals surface area contributed by atoms with Crippen molar-refractivity contribution >= 4 is 16.7 Å². The van der Waals surface area contributed by atoms with Crippen LogP contribution in [0.2, 0.25) is 0 Å². The number of aliphatic hydroxyl groups is 2. The summed E-state index contributed by atoms with van der Waals surface area (Å²) in [6.07, 6.45) is -1.72. The highest BCUT2D eigenvalue weighted by molar-refractivity contribution is 5.92. The smallest absolute Gasteiger partial charge is 0.235 e. The Morgan fingerprint density at radius 2 is 1.80 bits per heavy atom. The number of hydrogen-bond donors (Lipinski definition) is 2. The Kier molecular flexibility index (Phi) is 4.34. The third-order valence-corrected chi connectivity index (χ3v) is 5.51. The molecule has 3 heterocycles. The number of rotatable bonds is 3. The van der Waals surface area contributed by atoms with Gasteiger partial charge >= 0.3 is 0 Å². The second kappa shape index (κ2) is 6.93. The minimum absolute atomic E-state index is 0.0967. The minimum Gasteiger partial charge on any atom is -0.490 e. The molecule has 0 aliphatic carbocycles. The SMILES string of the molecule is COc1c(-c2ccc3c(c2)OCO3)oc2c(N3C[C@@H](O)[C@H](O)C3)cc(C)cc2c1=O. The van der Waals surface area contributed by atoms with Gasteiger partial charge < -0.3 is 33.7 Å². The maximum absolute atomic E-state index is 13.3. The molecule has 0 radical (unpaired) electrons. The van der Waals surface area contributed by atoms with Gasteiger partial charge in [-0.15, -0.1) is 0 Å². The van der Waals surface area contributed by atoms with E-state index in [9.17, 15) is 15.0 Å². The van der Waals surface area contributed by atoms with Crippen LogP contribution in [0.3, 0.4) is 0 Å². The lowest BCUT2D eigenvalue weighted by Crippen LogP contribution is -2.22. The lowest BCUT2D eigenvalue weighted by atomic mass is 10.1. The summed E-state index contributed by atoms with van der Waals surface area (Å²) in [7, 11) is 1.43. The molecule has 1 saturated heterocycles. The first kappa shape index (κ1) is 18.8. The number of aliphatic hydroxyl groups excluding tert-OH is 2. The molecule has 2 aliphatic rings. The monoisotopic (exact) mass is 411 g/mol. The molecule has 2 atom stereocenters. The Morgan fingerprint density at radius 3 is 2.53 bits per heavy atom. The van der Waals surface area contributed by atoms with Crippen molar-refractivity contribution in [2.24, 2.45) is 0 Å². The first-order valence-corrected chi connectivity index (χ1v) is 9.63. The number of β-amino-alcohol motifs (C(OH)–C–C–N with tert-alkyl or cyclic N) is 2. The highest BCUT2D eigenvalue weighted by atomic mass is 16.7. The van der Waals surface area contributed by atoms with Gasteiger partial charge in [-0.2, -0.15) is 0 Å². The summed E-state index contributed by atoms with van der Waals surface area (Å²) in [5, 5.41) is 20.4. The van der Waals surface area contributed by atoms with Crippen LogP contribution in [0.4, 0.5) is 5.69 Å². The van der Waals surface area contributed by atoms with Crippen LogP contribution in [0.5, 0.6) is 17.2 Å². The molecule has 2 N–H and O–H groups in total. The van der Waals surface area contributed by atoms with Crippen molar-refractivity contribution in [2.75, 3.05) is 31.9 Å². The maximum Gasteiger partial charge on any atom is 0.235 e. The summed E-state index contributed by atoms with van der Waals surface area (Å²) < 4.78 is 22.5. The fourth-order valence-electron chi connectivity index (χ4n) is 4.02. The van der Waals surface area contributed by atoms with E-state index >= 15 is 0 Å². The Morgan fingerprint density at radius 1 is 1.07 bits per heavy atom. The molecule has 8 nitrogen and oxygen atoms in total. The number of ether oxygens (including phenoxy) is 3. The molecule has 0 spiro atoms. The van der Waals surface area contributed by atoms with Crippen LogP contribution >= 0.6 is 0 Å². The summed E-state index contributed by atoms with van der Waals surface area (Å²) in [6, 6.07) is 8.90. The van der Waals surface area contributed by atoms with Crippen LogP contribution in [-0.4, -0.2) is 49.4 Å². The third kappa shape index (κ3) is 2.88. The van der Waals surface area contributed by atoms with Crippen molar-refractivity contribution in [1.82, 2.24) is 0 Å². The molecule has 0 saturated carbocycles. The highest BCUT2D eigenvalue weighted by Crippen LogP contribution is 2.40. The Hall–Kier alpha value is -3.23. The van der Waals surface area contributed by atoms with Gasteiger partial charge in [-0.05, 0) is 42.8 Å². The van der Waals surface area contributed by atoms with Crippen LogP contribution in [0.15, 0.2) is 39.5 Å². The van der Waals surface area contributed by atoms with Crippen LogP contribution in [0.25, 0.3) is 22.3 Å². The van der Waals surface area contributed by atoms with E-state index in [4.69, 9.17) is 18.6 Å². The minimum atomic E-state index is -0.862. The number of aryl methyl sites for hydroxylation is 1. The number of hydrogen-bond acceptors (Lipinski definition) is 8. The molecule has 2 aromatic carbocycles. The zero-order valence-electron chi connectivity index (χ0n) is 16.5. The van der Waals surface area contributed by atoms with Crippen molar-refractivity contribution in [1.29, 1.82) is 0 Å². The highest BCUT2D eigenvalue weighted by Gasteiger charge is 2.32. The number of methoxy groups -OCH3 is 1. The zero-order chi connectivity index (χ0) is 21.0. The van der Waals surface area contributed by atoms with Crippen molar-refractivity contribution < 1.29 is 28.8 Å². The molecular formula is C22H21NO7. The van der Waals surface area contributed by atoms with Gasteiger partial charge in [0, 0.05) is 18.7 Å². The number of benzene rings is 2. The Bertz CT molecular complexity index is 1190. The van der Waals surface area contributed by atoms with Crippen molar-refractivity contribution in [3.63, 3.8) is 0 Å². The van der Waals surface area contributed by atoms with E-state index in [0.717, 1.165) is 5.56 Å². The first-order valence-electron chi connectivity index (χ1n) is 9.63. The van der Waals surface area contributed by atoms with E-state index in [1.54, 1.807) is 24.3 Å². The van der Waals surface area contributed by atoms with Crippen LogP contribution < -0.4 is 24.5 Å². The van der Waals surface area contributed by atoms with Gasteiger partial charge in [0.2, 0.25) is 18.0 Å². The number of nitrogens with zero attached hydrogens (tertiary/aromatic N) is 1. The molecule has 0 unspecified atom stereocenters.